The Morgan fingerprint density at radius 3 is 2.73 bits per heavy atom. The van der Waals surface area contributed by atoms with Gasteiger partial charge in [0, 0.05) is 24.0 Å². The summed E-state index contributed by atoms with van der Waals surface area (Å²) in [6.45, 7) is 0.952. The average Bonchev–Trinajstić information content (AvgIpc) is 2.78. The van der Waals surface area contributed by atoms with Crippen molar-refractivity contribution in [2.24, 2.45) is 0 Å². The predicted molar refractivity (Wildman–Crippen MR) is 128 cm³/mol. The first-order chi connectivity index (χ1) is 16.0. The molecule has 0 saturated heterocycles. The van der Waals surface area contributed by atoms with Gasteiger partial charge in [0.05, 0.1) is 15.7 Å². The smallest absolute Gasteiger partial charge is 0.268 e. The van der Waals surface area contributed by atoms with Crippen LogP contribution in [0, 0.1) is 0 Å². The van der Waals surface area contributed by atoms with Crippen LogP contribution in [0.1, 0.15) is 40.7 Å². The van der Waals surface area contributed by atoms with Gasteiger partial charge in [-0.05, 0) is 61.1 Å². The fourth-order valence-corrected chi connectivity index (χ4v) is 5.51. The van der Waals surface area contributed by atoms with Crippen molar-refractivity contribution < 1.29 is 9.53 Å². The van der Waals surface area contributed by atoms with E-state index < -0.39 is 0 Å². The third-order valence-electron chi connectivity index (χ3n) is 6.71. The second-order valence-electron chi connectivity index (χ2n) is 8.60. The molecule has 9 heteroatoms. The molecule has 1 aromatic heterocycles. The van der Waals surface area contributed by atoms with Gasteiger partial charge in [0.15, 0.2) is 6.73 Å². The molecule has 1 fully saturated rings. The van der Waals surface area contributed by atoms with Gasteiger partial charge >= 0.3 is 0 Å². The summed E-state index contributed by atoms with van der Waals surface area (Å²) in [5.41, 5.74) is 4.51. The van der Waals surface area contributed by atoms with E-state index in [0.29, 0.717) is 21.7 Å². The first-order valence-electron chi connectivity index (χ1n) is 11.0. The lowest BCUT2D eigenvalue weighted by atomic mass is 9.68. The number of nitrogens with zero attached hydrogens (tertiary/aromatic N) is 3. The summed E-state index contributed by atoms with van der Waals surface area (Å²) in [4.78, 5) is 23.2. The Hall–Kier alpha value is -2.87. The van der Waals surface area contributed by atoms with Crippen LogP contribution in [0.5, 0.6) is 5.88 Å². The molecule has 33 heavy (non-hydrogen) atoms. The maximum Gasteiger partial charge on any atom is 0.268 e. The summed E-state index contributed by atoms with van der Waals surface area (Å²) < 4.78 is 5.78. The van der Waals surface area contributed by atoms with E-state index in [-0.39, 0.29) is 29.6 Å². The number of anilines is 3. The molecule has 1 aliphatic carbocycles. The number of ether oxygens (including phenoxy) is 1. The molecule has 3 heterocycles. The normalized spacial score (nSPS) is 18.2. The monoisotopic (exact) mass is 481 g/mol. The first-order valence-corrected chi connectivity index (χ1v) is 11.7. The highest BCUT2D eigenvalue weighted by atomic mass is 35.5. The van der Waals surface area contributed by atoms with E-state index in [1.165, 1.54) is 41.5 Å². The molecule has 1 saturated carbocycles. The van der Waals surface area contributed by atoms with Gasteiger partial charge in [-0.15, -0.1) is 0 Å². The van der Waals surface area contributed by atoms with Crippen LogP contribution in [0.4, 0.5) is 17.3 Å². The van der Waals surface area contributed by atoms with Crippen LogP contribution >= 0.6 is 23.2 Å². The van der Waals surface area contributed by atoms with E-state index in [1.54, 1.807) is 18.2 Å². The highest BCUT2D eigenvalue weighted by Crippen LogP contribution is 2.45. The molecule has 6 rings (SSSR count). The lowest BCUT2D eigenvalue weighted by Crippen LogP contribution is -2.51. The quantitative estimate of drug-likeness (QED) is 0.544. The number of amides is 1. The minimum atomic E-state index is -0.315. The largest absolute Gasteiger partial charge is 0.455 e. The molecule has 3 aliphatic rings. The maximum atomic E-state index is 13.1. The third kappa shape index (κ3) is 3.42. The van der Waals surface area contributed by atoms with Crippen LogP contribution in [-0.2, 0) is 12.0 Å². The molecule has 1 spiro atoms. The van der Waals surface area contributed by atoms with Crippen LogP contribution in [0.15, 0.2) is 42.6 Å². The van der Waals surface area contributed by atoms with Crippen molar-refractivity contribution in [1.82, 2.24) is 15.3 Å². The zero-order valence-corrected chi connectivity index (χ0v) is 19.2. The van der Waals surface area contributed by atoms with Gasteiger partial charge in [-0.2, -0.15) is 4.98 Å². The van der Waals surface area contributed by atoms with Crippen LogP contribution in [0.2, 0.25) is 10.0 Å². The van der Waals surface area contributed by atoms with E-state index in [9.17, 15) is 4.79 Å². The van der Waals surface area contributed by atoms with Crippen molar-refractivity contribution in [2.75, 3.05) is 23.5 Å². The summed E-state index contributed by atoms with van der Waals surface area (Å²) in [5, 5.41) is 7.70. The van der Waals surface area contributed by atoms with Gasteiger partial charge in [0.2, 0.25) is 11.8 Å². The topological polar surface area (TPSA) is 79.4 Å². The Kier molecular flexibility index (Phi) is 4.94. The van der Waals surface area contributed by atoms with E-state index in [1.807, 2.05) is 0 Å². The first kappa shape index (κ1) is 20.7. The second-order valence-corrected chi connectivity index (χ2v) is 9.41. The van der Waals surface area contributed by atoms with Gasteiger partial charge in [-0.1, -0.05) is 35.3 Å². The molecular formula is C24H21Cl2N5O2. The van der Waals surface area contributed by atoms with E-state index >= 15 is 0 Å². The number of rotatable bonds is 3. The fourth-order valence-electron chi connectivity index (χ4n) is 4.91. The minimum absolute atomic E-state index is 0.0420. The highest BCUT2D eigenvalue weighted by Gasteiger charge is 2.41. The van der Waals surface area contributed by atoms with Crippen LogP contribution in [0.25, 0.3) is 0 Å². The molecule has 1 amide bonds. The number of para-hydroxylation sites is 1. The summed E-state index contributed by atoms with van der Waals surface area (Å²) in [6, 6.07) is 11.5. The number of nitrogens with one attached hydrogen (secondary N) is 2. The van der Waals surface area contributed by atoms with E-state index in [0.717, 1.165) is 18.7 Å². The average molecular weight is 482 g/mol. The van der Waals surface area contributed by atoms with Crippen molar-refractivity contribution in [3.8, 4) is 5.88 Å². The molecule has 2 N–H and O–H groups in total. The second kappa shape index (κ2) is 7.87. The number of benzene rings is 2. The number of halogens is 2. The minimum Gasteiger partial charge on any atom is -0.455 e. The molecule has 0 unspecified atom stereocenters. The van der Waals surface area contributed by atoms with Gasteiger partial charge in [0.25, 0.3) is 5.91 Å². The van der Waals surface area contributed by atoms with E-state index in [4.69, 9.17) is 27.9 Å². The molecule has 7 nitrogen and oxygen atoms in total. The van der Waals surface area contributed by atoms with Crippen LogP contribution < -0.4 is 20.3 Å². The Morgan fingerprint density at radius 1 is 1.15 bits per heavy atom. The fraction of sp³-hybridized carbons (Fsp3) is 0.292. The zero-order chi connectivity index (χ0) is 22.6. The molecule has 3 aromatic rings. The summed E-state index contributed by atoms with van der Waals surface area (Å²) in [5.74, 6) is 0.287. The van der Waals surface area contributed by atoms with Crippen molar-refractivity contribution in [3.63, 3.8) is 0 Å². The number of aromatic nitrogens is 2. The number of carbonyl (C=O) groups excluding carboxylic acids is 1. The Bertz CT molecular complexity index is 1260. The highest BCUT2D eigenvalue weighted by molar-refractivity contribution is 6.40. The van der Waals surface area contributed by atoms with Gasteiger partial charge < -0.3 is 15.4 Å². The van der Waals surface area contributed by atoms with Crippen molar-refractivity contribution in [1.29, 1.82) is 0 Å². The van der Waals surface area contributed by atoms with Gasteiger partial charge in [-0.25, -0.2) is 4.98 Å². The summed E-state index contributed by atoms with van der Waals surface area (Å²) in [6.07, 6.45) is 6.13. The lowest BCUT2D eigenvalue weighted by Gasteiger charge is -2.47. The zero-order valence-electron chi connectivity index (χ0n) is 17.7. The Balaban J connectivity index is 1.25. The Labute approximate surface area is 201 Å². The van der Waals surface area contributed by atoms with Gasteiger partial charge in [-0.3, -0.25) is 9.69 Å². The number of hydrogen-bond acceptors (Lipinski definition) is 6. The van der Waals surface area contributed by atoms with Crippen LogP contribution in [0.3, 0.4) is 0 Å². The number of hydrogen-bond donors (Lipinski definition) is 2. The molecule has 0 bridgehead atoms. The lowest BCUT2D eigenvalue weighted by molar-refractivity contribution is 0.0932. The maximum absolute atomic E-state index is 13.1. The molecule has 2 aliphatic heterocycles. The summed E-state index contributed by atoms with van der Waals surface area (Å²) in [7, 11) is 0. The van der Waals surface area contributed by atoms with Crippen molar-refractivity contribution >= 4 is 46.4 Å². The molecule has 0 atom stereocenters. The molecule has 2 aromatic carbocycles. The van der Waals surface area contributed by atoms with Crippen LogP contribution in [-0.4, -0.2) is 29.2 Å². The predicted octanol–water partition coefficient (Wildman–Crippen LogP) is 5.05. The molecule has 168 valence electrons. The SMILES string of the molecule is O=C1c2cnc(Nc3ccc4c(c3)CCNC43CCC3)nc2OCN1c1c(Cl)cccc1Cl. The van der Waals surface area contributed by atoms with Gasteiger partial charge in [0.1, 0.15) is 5.56 Å². The van der Waals surface area contributed by atoms with Crippen molar-refractivity contribution in [2.45, 2.75) is 31.2 Å². The Morgan fingerprint density at radius 2 is 1.97 bits per heavy atom. The molecular weight excluding hydrogens is 461 g/mol. The standard InChI is InChI=1S/C24H21Cl2N5O2/c25-18-3-1-4-19(26)20(18)31-13-33-21-16(22(31)32)12-27-23(30-21)29-15-5-6-17-14(11-15)7-10-28-24(17)8-2-9-24/h1,3-6,11-12,28H,2,7-10,13H2,(H,27,29,30). The number of carbonyl (C=O) groups is 1. The summed E-state index contributed by atoms with van der Waals surface area (Å²) >= 11 is 12.5. The molecule has 0 radical (unpaired) electrons. The van der Waals surface area contributed by atoms with E-state index in [2.05, 4.69) is 38.8 Å². The van der Waals surface area contributed by atoms with Crippen molar-refractivity contribution in [3.05, 3.63) is 69.3 Å². The number of fused-ring (bicyclic) bond motifs is 3. The third-order valence-corrected chi connectivity index (χ3v) is 7.32.